The summed E-state index contributed by atoms with van der Waals surface area (Å²) in [5.74, 6) is 0.780. The smallest absolute Gasteiger partial charge is 0.0406 e. The first kappa shape index (κ1) is 13.2. The molecule has 0 aliphatic heterocycles. The summed E-state index contributed by atoms with van der Waals surface area (Å²) in [6.07, 6.45) is 2.66. The molecular weight excluding hydrogens is 274 g/mol. The van der Waals surface area contributed by atoms with Gasteiger partial charge in [-0.15, -0.1) is 0 Å². The van der Waals surface area contributed by atoms with Gasteiger partial charge in [0.05, 0.1) is 0 Å². The lowest BCUT2D eigenvalue weighted by Crippen LogP contribution is -2.25. The van der Waals surface area contributed by atoms with Crippen LogP contribution in [0.3, 0.4) is 0 Å². The van der Waals surface area contributed by atoms with Crippen molar-refractivity contribution >= 4 is 22.9 Å². The second kappa shape index (κ2) is 5.66. The van der Waals surface area contributed by atoms with Crippen molar-refractivity contribution in [3.8, 4) is 0 Å². The van der Waals surface area contributed by atoms with Crippen LogP contribution in [0.15, 0.2) is 41.1 Å². The Morgan fingerprint density at radius 3 is 2.47 bits per heavy atom. The maximum Gasteiger partial charge on any atom is 0.0406 e. The number of rotatable bonds is 5. The summed E-state index contributed by atoms with van der Waals surface area (Å²) >= 11 is 7.74. The van der Waals surface area contributed by atoms with Gasteiger partial charge in [-0.05, 0) is 65.8 Å². The molecule has 1 aromatic carbocycles. The highest BCUT2D eigenvalue weighted by Crippen LogP contribution is 2.42. The third kappa shape index (κ3) is 3.19. The highest BCUT2D eigenvalue weighted by atomic mass is 35.5. The van der Waals surface area contributed by atoms with Crippen LogP contribution in [-0.4, -0.2) is 0 Å². The third-order valence-corrected chi connectivity index (χ3v) is 4.75. The molecule has 1 aliphatic rings. The predicted molar refractivity (Wildman–Crippen MR) is 82.8 cm³/mol. The van der Waals surface area contributed by atoms with Gasteiger partial charge in [-0.1, -0.05) is 23.7 Å². The molecule has 1 N–H and O–H groups in total. The Kier molecular flexibility index (Phi) is 3.92. The van der Waals surface area contributed by atoms with Gasteiger partial charge in [0.1, 0.15) is 0 Å². The Hall–Kier alpha value is -0.830. The molecule has 0 saturated heterocycles. The fourth-order valence-corrected chi connectivity index (χ4v) is 3.37. The first-order chi connectivity index (χ1) is 9.24. The summed E-state index contributed by atoms with van der Waals surface area (Å²) in [4.78, 5) is 0. The summed E-state index contributed by atoms with van der Waals surface area (Å²) < 4.78 is 0. The Bertz CT molecular complexity index is 516. The number of hydrogen-bond donors (Lipinski definition) is 1. The van der Waals surface area contributed by atoms with Gasteiger partial charge < -0.3 is 5.32 Å². The van der Waals surface area contributed by atoms with Crippen LogP contribution in [0.4, 0.5) is 0 Å². The van der Waals surface area contributed by atoms with Gasteiger partial charge in [0.15, 0.2) is 0 Å². The molecule has 1 aromatic heterocycles. The topological polar surface area (TPSA) is 12.0 Å². The Labute approximate surface area is 123 Å². The second-order valence-electron chi connectivity index (χ2n) is 5.31. The summed E-state index contributed by atoms with van der Waals surface area (Å²) in [7, 11) is 0. The van der Waals surface area contributed by atoms with Gasteiger partial charge in [-0.3, -0.25) is 0 Å². The van der Waals surface area contributed by atoms with Crippen molar-refractivity contribution in [3.05, 3.63) is 57.2 Å². The van der Waals surface area contributed by atoms with Gasteiger partial charge in [0.25, 0.3) is 0 Å². The Morgan fingerprint density at radius 1 is 1.16 bits per heavy atom. The van der Waals surface area contributed by atoms with Crippen LogP contribution < -0.4 is 5.32 Å². The van der Waals surface area contributed by atoms with Crippen LogP contribution in [0.25, 0.3) is 0 Å². The lowest BCUT2D eigenvalue weighted by atomic mass is 10.0. The van der Waals surface area contributed by atoms with Crippen LogP contribution >= 0.6 is 22.9 Å². The highest BCUT2D eigenvalue weighted by Gasteiger charge is 2.33. The van der Waals surface area contributed by atoms with E-state index in [1.165, 1.54) is 24.0 Å². The quantitative estimate of drug-likeness (QED) is 0.798. The van der Waals surface area contributed by atoms with E-state index in [2.05, 4.69) is 41.2 Å². The van der Waals surface area contributed by atoms with E-state index < -0.39 is 0 Å². The molecule has 1 fully saturated rings. The van der Waals surface area contributed by atoms with Crippen molar-refractivity contribution in [1.82, 2.24) is 5.32 Å². The van der Waals surface area contributed by atoms with Gasteiger partial charge in [0.2, 0.25) is 0 Å². The molecule has 0 spiro atoms. The minimum absolute atomic E-state index is 0.396. The highest BCUT2D eigenvalue weighted by molar-refractivity contribution is 7.07. The van der Waals surface area contributed by atoms with Crippen molar-refractivity contribution in [1.29, 1.82) is 0 Å². The number of thiophene rings is 1. The molecule has 0 amide bonds. The van der Waals surface area contributed by atoms with Gasteiger partial charge >= 0.3 is 0 Å². The molecule has 2 unspecified atom stereocenters. The zero-order valence-electron chi connectivity index (χ0n) is 11.0. The van der Waals surface area contributed by atoms with Crippen molar-refractivity contribution in [2.24, 2.45) is 5.92 Å². The molecule has 19 heavy (non-hydrogen) atoms. The van der Waals surface area contributed by atoms with Crippen LogP contribution in [-0.2, 0) is 0 Å². The first-order valence-electron chi connectivity index (χ1n) is 6.77. The van der Waals surface area contributed by atoms with Gasteiger partial charge in [0, 0.05) is 17.1 Å². The van der Waals surface area contributed by atoms with Crippen LogP contribution in [0.5, 0.6) is 0 Å². The van der Waals surface area contributed by atoms with Crippen LogP contribution in [0, 0.1) is 5.92 Å². The molecule has 100 valence electrons. The molecule has 0 radical (unpaired) electrons. The van der Waals surface area contributed by atoms with E-state index in [9.17, 15) is 0 Å². The summed E-state index contributed by atoms with van der Waals surface area (Å²) in [5, 5.41) is 8.96. The van der Waals surface area contributed by atoms with Crippen molar-refractivity contribution in [3.63, 3.8) is 0 Å². The first-order valence-corrected chi connectivity index (χ1v) is 8.10. The lowest BCUT2D eigenvalue weighted by molar-refractivity contribution is 0.428. The number of halogens is 1. The monoisotopic (exact) mass is 291 g/mol. The Balaban J connectivity index is 1.76. The van der Waals surface area contributed by atoms with Gasteiger partial charge in [-0.2, -0.15) is 11.3 Å². The van der Waals surface area contributed by atoms with E-state index in [0.29, 0.717) is 12.1 Å². The fraction of sp³-hybridized carbons (Fsp3) is 0.375. The average Bonchev–Trinajstić information content (AvgIpc) is 3.10. The molecule has 1 saturated carbocycles. The van der Waals surface area contributed by atoms with E-state index >= 15 is 0 Å². The molecule has 3 heteroatoms. The molecule has 2 atom stereocenters. The molecule has 2 aromatic rings. The maximum atomic E-state index is 5.98. The van der Waals surface area contributed by atoms with E-state index in [1.54, 1.807) is 11.3 Å². The molecule has 1 aliphatic carbocycles. The Morgan fingerprint density at radius 2 is 1.89 bits per heavy atom. The molecule has 3 rings (SSSR count). The largest absolute Gasteiger partial charge is 0.303 e. The lowest BCUT2D eigenvalue weighted by Gasteiger charge is -2.23. The van der Waals surface area contributed by atoms with Crippen molar-refractivity contribution in [2.45, 2.75) is 31.8 Å². The second-order valence-corrected chi connectivity index (χ2v) is 6.53. The van der Waals surface area contributed by atoms with E-state index in [-0.39, 0.29) is 0 Å². The number of hydrogen-bond acceptors (Lipinski definition) is 2. The predicted octanol–water partition coefficient (Wildman–Crippen LogP) is 5.20. The summed E-state index contributed by atoms with van der Waals surface area (Å²) in [5.41, 5.74) is 2.73. The number of benzene rings is 1. The van der Waals surface area contributed by atoms with E-state index in [1.807, 2.05) is 12.1 Å². The van der Waals surface area contributed by atoms with Crippen LogP contribution in [0.2, 0.25) is 5.02 Å². The molecular formula is C16H18ClNS. The van der Waals surface area contributed by atoms with Gasteiger partial charge in [-0.25, -0.2) is 0 Å². The van der Waals surface area contributed by atoms with Crippen molar-refractivity contribution in [2.75, 3.05) is 0 Å². The van der Waals surface area contributed by atoms with E-state index in [4.69, 9.17) is 11.6 Å². The normalized spacial score (nSPS) is 18.2. The third-order valence-electron chi connectivity index (χ3n) is 3.80. The molecule has 0 bridgehead atoms. The minimum atomic E-state index is 0.396. The number of nitrogens with one attached hydrogen (secondary N) is 1. The SMILES string of the molecule is CC(NC(c1ccc(Cl)cc1)C1CC1)c1ccsc1. The summed E-state index contributed by atoms with van der Waals surface area (Å²) in [6, 6.07) is 11.3. The fourth-order valence-electron chi connectivity index (χ4n) is 2.49. The van der Waals surface area contributed by atoms with E-state index in [0.717, 1.165) is 10.9 Å². The molecule has 1 nitrogen and oxygen atoms in total. The zero-order valence-corrected chi connectivity index (χ0v) is 12.5. The maximum absolute atomic E-state index is 5.98. The molecule has 1 heterocycles. The van der Waals surface area contributed by atoms with Crippen LogP contribution in [0.1, 0.15) is 43.0 Å². The summed E-state index contributed by atoms with van der Waals surface area (Å²) in [6.45, 7) is 2.24. The standard InChI is InChI=1S/C16H18ClNS/c1-11(14-8-9-19-10-14)18-16(12-2-3-12)13-4-6-15(17)7-5-13/h4-12,16,18H,2-3H2,1H3. The minimum Gasteiger partial charge on any atom is -0.303 e. The van der Waals surface area contributed by atoms with Crippen molar-refractivity contribution < 1.29 is 0 Å². The zero-order chi connectivity index (χ0) is 13.2. The average molecular weight is 292 g/mol.